The number of nitrogens with zero attached hydrogens (tertiary/aromatic N) is 2. The molecule has 7 nitrogen and oxygen atoms in total. The Kier molecular flexibility index (Phi) is 4.75. The summed E-state index contributed by atoms with van der Waals surface area (Å²) in [4.78, 5) is 40.6. The number of fused-ring (bicyclic) bond motifs is 1. The molecule has 1 aromatic carbocycles. The fourth-order valence-electron chi connectivity index (χ4n) is 4.81. The van der Waals surface area contributed by atoms with Gasteiger partial charge in [-0.3, -0.25) is 24.6 Å². The smallest absolute Gasteiger partial charge is 0.255 e. The molecule has 3 amide bonds. The van der Waals surface area contributed by atoms with Crippen LogP contribution in [-0.4, -0.2) is 51.7 Å². The van der Waals surface area contributed by atoms with Crippen molar-refractivity contribution in [2.45, 2.75) is 70.2 Å². The maximum Gasteiger partial charge on any atom is 0.255 e. The van der Waals surface area contributed by atoms with Crippen molar-refractivity contribution in [2.75, 3.05) is 6.54 Å². The molecule has 3 heterocycles. The molecule has 4 rings (SSSR count). The summed E-state index contributed by atoms with van der Waals surface area (Å²) in [6, 6.07) is 5.64. The summed E-state index contributed by atoms with van der Waals surface area (Å²) in [5, 5.41) is 2.34. The largest absolute Gasteiger partial charge is 0.326 e. The van der Waals surface area contributed by atoms with Crippen LogP contribution in [0.2, 0.25) is 0 Å². The maximum absolute atomic E-state index is 13.0. The molecule has 7 heteroatoms. The van der Waals surface area contributed by atoms with Crippen LogP contribution in [0, 0.1) is 0 Å². The van der Waals surface area contributed by atoms with E-state index in [9.17, 15) is 14.4 Å². The molecule has 0 radical (unpaired) electrons. The number of rotatable bonds is 4. The minimum Gasteiger partial charge on any atom is -0.326 e. The highest BCUT2D eigenvalue weighted by Crippen LogP contribution is 2.34. The number of carbonyl (C=O) groups excluding carboxylic acids is 3. The second-order valence-electron chi connectivity index (χ2n) is 8.59. The van der Waals surface area contributed by atoms with E-state index in [1.165, 1.54) is 0 Å². The topological polar surface area (TPSA) is 95.7 Å². The summed E-state index contributed by atoms with van der Waals surface area (Å²) in [5.74, 6) is -0.763. The lowest BCUT2D eigenvalue weighted by Crippen LogP contribution is -2.52. The first kappa shape index (κ1) is 19.1. The molecular formula is C21H28N4O3. The van der Waals surface area contributed by atoms with Crippen molar-refractivity contribution in [1.82, 2.24) is 15.1 Å². The Balaban J connectivity index is 1.52. The van der Waals surface area contributed by atoms with Gasteiger partial charge < -0.3 is 10.6 Å². The highest BCUT2D eigenvalue weighted by Gasteiger charge is 2.41. The third-order valence-electron chi connectivity index (χ3n) is 6.65. The van der Waals surface area contributed by atoms with E-state index < -0.39 is 6.04 Å². The van der Waals surface area contributed by atoms with Gasteiger partial charge in [0.2, 0.25) is 11.8 Å². The number of piperidine rings is 1. The lowest BCUT2D eigenvalue weighted by Gasteiger charge is -2.34. The van der Waals surface area contributed by atoms with Crippen LogP contribution in [0.1, 0.15) is 61.0 Å². The summed E-state index contributed by atoms with van der Waals surface area (Å²) in [6.45, 7) is 6.48. The average molecular weight is 384 g/mol. The standard InChI is InChI=1S/C21H28N4O3/c1-3-21(2)9-15(22)12-24(21)10-13-4-5-14-11-25(20(28)16(14)8-13)17-6-7-18(26)23-19(17)27/h4-5,8,15,17H,3,6-7,9-12,22H2,1-2H3,(H,23,26,27). The summed E-state index contributed by atoms with van der Waals surface area (Å²) in [7, 11) is 0. The molecule has 2 saturated heterocycles. The number of amides is 3. The lowest BCUT2D eigenvalue weighted by molar-refractivity contribution is -0.136. The van der Waals surface area contributed by atoms with Crippen LogP contribution in [0.15, 0.2) is 18.2 Å². The van der Waals surface area contributed by atoms with Gasteiger partial charge in [0, 0.05) is 43.2 Å². The molecule has 0 bridgehead atoms. The predicted molar refractivity (Wildman–Crippen MR) is 104 cm³/mol. The zero-order chi connectivity index (χ0) is 20.1. The number of hydrogen-bond donors (Lipinski definition) is 2. The van der Waals surface area contributed by atoms with E-state index in [-0.39, 0.29) is 35.7 Å². The van der Waals surface area contributed by atoms with Crippen LogP contribution in [0.3, 0.4) is 0 Å². The second kappa shape index (κ2) is 6.97. The Morgan fingerprint density at radius 1 is 1.29 bits per heavy atom. The molecule has 28 heavy (non-hydrogen) atoms. The molecule has 150 valence electrons. The van der Waals surface area contributed by atoms with E-state index in [0.29, 0.717) is 18.5 Å². The molecule has 0 spiro atoms. The zero-order valence-electron chi connectivity index (χ0n) is 16.5. The third-order valence-corrected chi connectivity index (χ3v) is 6.65. The average Bonchev–Trinajstić information content (AvgIpc) is 3.12. The quantitative estimate of drug-likeness (QED) is 0.759. The van der Waals surface area contributed by atoms with E-state index in [2.05, 4.69) is 30.1 Å². The fourth-order valence-corrected chi connectivity index (χ4v) is 4.81. The Hall–Kier alpha value is -2.25. The minimum absolute atomic E-state index is 0.0845. The van der Waals surface area contributed by atoms with Gasteiger partial charge in [-0.2, -0.15) is 0 Å². The SMILES string of the molecule is CCC1(C)CC(N)CN1Cc1ccc2c(c1)C(=O)N(C1CCC(=O)NC1=O)C2. The first-order valence-electron chi connectivity index (χ1n) is 10.1. The van der Waals surface area contributed by atoms with Crippen molar-refractivity contribution in [3.8, 4) is 0 Å². The molecule has 1 aromatic rings. The number of benzene rings is 1. The van der Waals surface area contributed by atoms with Gasteiger partial charge >= 0.3 is 0 Å². The Bertz CT molecular complexity index is 839. The molecule has 3 atom stereocenters. The number of nitrogens with one attached hydrogen (secondary N) is 1. The van der Waals surface area contributed by atoms with Gasteiger partial charge in [-0.25, -0.2) is 0 Å². The number of imide groups is 1. The van der Waals surface area contributed by atoms with Crippen molar-refractivity contribution in [3.63, 3.8) is 0 Å². The highest BCUT2D eigenvalue weighted by molar-refractivity contribution is 6.05. The zero-order valence-corrected chi connectivity index (χ0v) is 16.5. The van der Waals surface area contributed by atoms with Gasteiger partial charge in [-0.05, 0) is 43.4 Å². The predicted octanol–water partition coefficient (Wildman–Crippen LogP) is 1.15. The lowest BCUT2D eigenvalue weighted by atomic mass is 9.94. The van der Waals surface area contributed by atoms with E-state index in [0.717, 1.165) is 37.1 Å². The number of likely N-dealkylation sites (tertiary alicyclic amines) is 1. The van der Waals surface area contributed by atoms with Gasteiger partial charge in [0.1, 0.15) is 6.04 Å². The summed E-state index contributed by atoms with van der Waals surface area (Å²) in [6.07, 6.45) is 2.68. The van der Waals surface area contributed by atoms with Gasteiger partial charge in [0.15, 0.2) is 0 Å². The minimum atomic E-state index is -0.569. The van der Waals surface area contributed by atoms with E-state index in [4.69, 9.17) is 5.73 Å². The Labute approximate surface area is 165 Å². The molecule has 3 aliphatic heterocycles. The summed E-state index contributed by atoms with van der Waals surface area (Å²) in [5.41, 5.74) is 8.98. The first-order chi connectivity index (χ1) is 13.3. The molecule has 0 aliphatic carbocycles. The van der Waals surface area contributed by atoms with Crippen molar-refractivity contribution in [2.24, 2.45) is 5.73 Å². The number of hydrogen-bond acceptors (Lipinski definition) is 5. The molecular weight excluding hydrogens is 356 g/mol. The summed E-state index contributed by atoms with van der Waals surface area (Å²) < 4.78 is 0. The van der Waals surface area contributed by atoms with Gasteiger partial charge in [0.05, 0.1) is 0 Å². The molecule has 2 fully saturated rings. The normalized spacial score (nSPS) is 30.7. The molecule has 3 unspecified atom stereocenters. The van der Waals surface area contributed by atoms with Gasteiger partial charge in [-0.1, -0.05) is 19.1 Å². The Morgan fingerprint density at radius 3 is 2.79 bits per heavy atom. The third kappa shape index (κ3) is 3.22. The van der Waals surface area contributed by atoms with Crippen LogP contribution in [0.25, 0.3) is 0 Å². The highest BCUT2D eigenvalue weighted by atomic mass is 16.2. The first-order valence-corrected chi connectivity index (χ1v) is 10.1. The van der Waals surface area contributed by atoms with Crippen LogP contribution >= 0.6 is 0 Å². The monoisotopic (exact) mass is 384 g/mol. The van der Waals surface area contributed by atoms with Gasteiger partial charge in [-0.15, -0.1) is 0 Å². The Morgan fingerprint density at radius 2 is 2.07 bits per heavy atom. The van der Waals surface area contributed by atoms with Crippen LogP contribution < -0.4 is 11.1 Å². The van der Waals surface area contributed by atoms with Crippen molar-refractivity contribution >= 4 is 17.7 Å². The van der Waals surface area contributed by atoms with E-state index in [1.54, 1.807) is 4.90 Å². The van der Waals surface area contributed by atoms with Crippen molar-refractivity contribution in [3.05, 3.63) is 34.9 Å². The maximum atomic E-state index is 13.0. The van der Waals surface area contributed by atoms with Crippen LogP contribution in [0.5, 0.6) is 0 Å². The van der Waals surface area contributed by atoms with Crippen molar-refractivity contribution in [1.29, 1.82) is 0 Å². The molecule has 3 aliphatic rings. The molecule has 3 N–H and O–H groups in total. The molecule has 0 saturated carbocycles. The molecule has 0 aromatic heterocycles. The second-order valence-corrected chi connectivity index (χ2v) is 8.59. The fraction of sp³-hybridized carbons (Fsp3) is 0.571. The van der Waals surface area contributed by atoms with E-state index >= 15 is 0 Å². The van der Waals surface area contributed by atoms with Crippen LogP contribution in [-0.2, 0) is 22.7 Å². The number of carbonyl (C=O) groups is 3. The van der Waals surface area contributed by atoms with E-state index in [1.807, 2.05) is 12.1 Å². The summed E-state index contributed by atoms with van der Waals surface area (Å²) >= 11 is 0. The van der Waals surface area contributed by atoms with Crippen LogP contribution in [0.4, 0.5) is 0 Å². The van der Waals surface area contributed by atoms with Gasteiger partial charge in [0.25, 0.3) is 5.91 Å². The van der Waals surface area contributed by atoms with Crippen molar-refractivity contribution < 1.29 is 14.4 Å². The number of nitrogens with two attached hydrogens (primary N) is 1.